The monoisotopic (exact) mass is 307 g/mol. The van der Waals surface area contributed by atoms with Gasteiger partial charge in [0, 0.05) is 10.9 Å². The summed E-state index contributed by atoms with van der Waals surface area (Å²) in [4.78, 5) is 26.1. The molecule has 2 N–H and O–H groups in total. The Labute approximate surface area is 124 Å². The number of nitrogens with one attached hydrogen (secondary N) is 1. The van der Waals surface area contributed by atoms with Gasteiger partial charge in [-0.1, -0.05) is 6.92 Å². The average Bonchev–Trinajstić information content (AvgIpc) is 2.92. The van der Waals surface area contributed by atoms with Crippen LogP contribution in [0.2, 0.25) is 0 Å². The first-order chi connectivity index (χ1) is 10.0. The van der Waals surface area contributed by atoms with Crippen LogP contribution in [0, 0.1) is 10.1 Å². The van der Waals surface area contributed by atoms with Crippen LogP contribution in [0.3, 0.4) is 0 Å². The summed E-state index contributed by atoms with van der Waals surface area (Å²) in [6.45, 7) is 2.56. The van der Waals surface area contributed by atoms with Crippen molar-refractivity contribution in [3.63, 3.8) is 0 Å². The summed E-state index contributed by atoms with van der Waals surface area (Å²) in [5.74, 6) is -1.05. The number of aryl methyl sites for hydroxylation is 1. The maximum Gasteiger partial charge on any atom is 0.342 e. The Kier molecular flexibility index (Phi) is 4.49. The second-order valence-electron chi connectivity index (χ2n) is 4.23. The van der Waals surface area contributed by atoms with Crippen LogP contribution in [0.15, 0.2) is 23.7 Å². The molecule has 110 valence electrons. The van der Waals surface area contributed by atoms with Gasteiger partial charge in [-0.05, 0) is 23.4 Å². The molecule has 0 aromatic carbocycles. The minimum Gasteiger partial charge on any atom is -0.477 e. The molecule has 0 unspecified atom stereocenters. The fourth-order valence-corrected chi connectivity index (χ4v) is 2.79. The third-order valence-electron chi connectivity index (χ3n) is 2.96. The molecule has 0 fully saturated rings. The number of carboxylic acids is 1. The van der Waals surface area contributed by atoms with E-state index in [1.807, 2.05) is 11.4 Å². The van der Waals surface area contributed by atoms with Crippen molar-refractivity contribution in [2.75, 3.05) is 5.32 Å². The SMILES string of the molecule is CCc1ccsc1CNc1cc(C(=O)O)c([N+](=O)[O-])cn1. The first-order valence-corrected chi connectivity index (χ1v) is 7.07. The first-order valence-electron chi connectivity index (χ1n) is 6.19. The van der Waals surface area contributed by atoms with Crippen molar-refractivity contribution >= 4 is 28.8 Å². The lowest BCUT2D eigenvalue weighted by atomic mass is 10.2. The van der Waals surface area contributed by atoms with E-state index in [4.69, 9.17) is 5.11 Å². The van der Waals surface area contributed by atoms with Crippen LogP contribution in [0.5, 0.6) is 0 Å². The zero-order valence-electron chi connectivity index (χ0n) is 11.2. The van der Waals surface area contributed by atoms with Crippen molar-refractivity contribution < 1.29 is 14.8 Å². The molecule has 0 atom stereocenters. The molecule has 2 aromatic heterocycles. The number of carbonyl (C=O) groups is 1. The summed E-state index contributed by atoms with van der Waals surface area (Å²) in [6.07, 6.45) is 1.87. The molecule has 8 heteroatoms. The number of thiophene rings is 1. The number of nitrogens with zero attached hydrogens (tertiary/aromatic N) is 2. The van der Waals surface area contributed by atoms with Gasteiger partial charge < -0.3 is 10.4 Å². The number of hydrogen-bond donors (Lipinski definition) is 2. The van der Waals surface area contributed by atoms with Gasteiger partial charge in [0.25, 0.3) is 0 Å². The molecule has 0 aliphatic rings. The van der Waals surface area contributed by atoms with E-state index in [9.17, 15) is 14.9 Å². The number of pyridine rings is 1. The fourth-order valence-electron chi connectivity index (χ4n) is 1.87. The summed E-state index contributed by atoms with van der Waals surface area (Å²) in [5.41, 5.74) is 0.325. The van der Waals surface area contributed by atoms with Crippen LogP contribution in [-0.4, -0.2) is 21.0 Å². The van der Waals surface area contributed by atoms with Crippen molar-refractivity contribution in [2.45, 2.75) is 19.9 Å². The van der Waals surface area contributed by atoms with Crippen LogP contribution in [0.1, 0.15) is 27.7 Å². The number of nitro groups is 1. The highest BCUT2D eigenvalue weighted by atomic mass is 32.1. The topological polar surface area (TPSA) is 105 Å². The molecule has 0 amide bonds. The lowest BCUT2D eigenvalue weighted by Crippen LogP contribution is -2.07. The number of rotatable bonds is 6. The number of hydrogen-bond acceptors (Lipinski definition) is 6. The van der Waals surface area contributed by atoms with Gasteiger partial charge in [-0.2, -0.15) is 0 Å². The van der Waals surface area contributed by atoms with E-state index in [-0.39, 0.29) is 5.56 Å². The summed E-state index contributed by atoms with van der Waals surface area (Å²) in [7, 11) is 0. The maximum atomic E-state index is 11.1. The molecule has 0 aliphatic carbocycles. The second kappa shape index (κ2) is 6.31. The van der Waals surface area contributed by atoms with Crippen molar-refractivity contribution in [3.8, 4) is 0 Å². The highest BCUT2D eigenvalue weighted by Crippen LogP contribution is 2.22. The Morgan fingerprint density at radius 1 is 1.57 bits per heavy atom. The Hall–Kier alpha value is -2.48. The van der Waals surface area contributed by atoms with E-state index in [2.05, 4.69) is 17.2 Å². The normalized spacial score (nSPS) is 10.3. The minimum absolute atomic E-state index is 0.299. The quantitative estimate of drug-likeness (QED) is 0.628. The number of carboxylic acid groups (broad SMARTS) is 1. The van der Waals surface area contributed by atoms with Crippen LogP contribution < -0.4 is 5.32 Å². The molecule has 0 spiro atoms. The molecule has 2 rings (SSSR count). The van der Waals surface area contributed by atoms with E-state index in [1.165, 1.54) is 11.6 Å². The maximum absolute atomic E-state index is 11.1. The Morgan fingerprint density at radius 3 is 2.95 bits per heavy atom. The highest BCUT2D eigenvalue weighted by Gasteiger charge is 2.21. The minimum atomic E-state index is -1.35. The van der Waals surface area contributed by atoms with Gasteiger partial charge in [-0.25, -0.2) is 9.78 Å². The number of aromatic nitrogens is 1. The van der Waals surface area contributed by atoms with E-state index < -0.39 is 16.6 Å². The first kappa shape index (κ1) is 14.9. The van der Waals surface area contributed by atoms with E-state index in [1.54, 1.807) is 11.3 Å². The lowest BCUT2D eigenvalue weighted by molar-refractivity contribution is -0.385. The number of anilines is 1. The fraction of sp³-hybridized carbons (Fsp3) is 0.231. The van der Waals surface area contributed by atoms with Crippen molar-refractivity contribution in [3.05, 3.63) is 49.8 Å². The molecule has 21 heavy (non-hydrogen) atoms. The van der Waals surface area contributed by atoms with Crippen LogP contribution in [-0.2, 0) is 13.0 Å². The Morgan fingerprint density at radius 2 is 2.33 bits per heavy atom. The summed E-state index contributed by atoms with van der Waals surface area (Å²) in [5, 5.41) is 24.7. The second-order valence-corrected chi connectivity index (χ2v) is 5.23. The largest absolute Gasteiger partial charge is 0.477 e. The predicted molar refractivity (Wildman–Crippen MR) is 78.9 cm³/mol. The van der Waals surface area contributed by atoms with Crippen molar-refractivity contribution in [2.24, 2.45) is 0 Å². The van der Waals surface area contributed by atoms with Gasteiger partial charge in [-0.15, -0.1) is 11.3 Å². The van der Waals surface area contributed by atoms with Gasteiger partial charge in [0.1, 0.15) is 17.6 Å². The van der Waals surface area contributed by atoms with Crippen LogP contribution in [0.25, 0.3) is 0 Å². The standard InChI is InChI=1S/C13H13N3O4S/c1-2-8-3-4-21-11(8)7-15-12-5-9(13(17)18)10(6-14-12)16(19)20/h3-6H,2,7H2,1H3,(H,14,15)(H,17,18). The average molecular weight is 307 g/mol. The van der Waals surface area contributed by atoms with Crippen molar-refractivity contribution in [1.82, 2.24) is 4.98 Å². The van der Waals surface area contributed by atoms with Gasteiger partial charge in [0.05, 0.1) is 11.5 Å². The number of aromatic carboxylic acids is 1. The Balaban J connectivity index is 2.19. The zero-order chi connectivity index (χ0) is 15.4. The highest BCUT2D eigenvalue weighted by molar-refractivity contribution is 7.10. The van der Waals surface area contributed by atoms with E-state index in [0.717, 1.165) is 17.5 Å². The summed E-state index contributed by atoms with van der Waals surface area (Å²) < 4.78 is 0. The smallest absolute Gasteiger partial charge is 0.342 e. The molecular weight excluding hydrogens is 294 g/mol. The van der Waals surface area contributed by atoms with Gasteiger partial charge in [0.2, 0.25) is 0 Å². The molecule has 0 saturated heterocycles. The summed E-state index contributed by atoms with van der Waals surface area (Å²) in [6, 6.07) is 3.22. The lowest BCUT2D eigenvalue weighted by Gasteiger charge is -2.07. The molecule has 0 aliphatic heterocycles. The molecule has 0 radical (unpaired) electrons. The Bertz CT molecular complexity index is 684. The molecule has 0 saturated carbocycles. The van der Waals surface area contributed by atoms with Crippen molar-refractivity contribution in [1.29, 1.82) is 0 Å². The molecule has 2 aromatic rings. The third-order valence-corrected chi connectivity index (χ3v) is 3.92. The predicted octanol–water partition coefficient (Wildman–Crippen LogP) is 2.92. The molecule has 7 nitrogen and oxygen atoms in total. The van der Waals surface area contributed by atoms with Gasteiger partial charge >= 0.3 is 11.7 Å². The van der Waals surface area contributed by atoms with Crippen LogP contribution >= 0.6 is 11.3 Å². The molecule has 2 heterocycles. The summed E-state index contributed by atoms with van der Waals surface area (Å²) >= 11 is 1.60. The van der Waals surface area contributed by atoms with Gasteiger partial charge in [-0.3, -0.25) is 10.1 Å². The van der Waals surface area contributed by atoms with E-state index >= 15 is 0 Å². The zero-order valence-corrected chi connectivity index (χ0v) is 12.0. The third kappa shape index (κ3) is 3.34. The molecular formula is C13H13N3O4S. The van der Waals surface area contributed by atoms with E-state index in [0.29, 0.717) is 12.4 Å². The van der Waals surface area contributed by atoms with Gasteiger partial charge in [0.15, 0.2) is 0 Å². The molecule has 0 bridgehead atoms. The van der Waals surface area contributed by atoms with Crippen LogP contribution in [0.4, 0.5) is 11.5 Å².